The van der Waals surface area contributed by atoms with Crippen LogP contribution in [0.1, 0.15) is 47.1 Å². The molecule has 2 atom stereocenters. The van der Waals surface area contributed by atoms with Crippen molar-refractivity contribution in [1.29, 1.82) is 0 Å². The highest BCUT2D eigenvalue weighted by Gasteiger charge is 2.58. The van der Waals surface area contributed by atoms with E-state index in [0.29, 0.717) is 0 Å². The highest BCUT2D eigenvalue weighted by molar-refractivity contribution is 7.89. The second-order valence-corrected chi connectivity index (χ2v) is 15.6. The zero-order chi connectivity index (χ0) is 21.4. The molecule has 1 saturated heterocycles. The van der Waals surface area contributed by atoms with Gasteiger partial charge in [0.25, 0.3) is 15.9 Å². The summed E-state index contributed by atoms with van der Waals surface area (Å²) in [5, 5.41) is 0. The van der Waals surface area contributed by atoms with Crippen molar-refractivity contribution >= 4 is 24.2 Å². The number of aryl methyl sites for hydroxylation is 1. The van der Waals surface area contributed by atoms with E-state index in [9.17, 15) is 13.2 Å². The van der Waals surface area contributed by atoms with Crippen LogP contribution in [-0.2, 0) is 19.2 Å². The Morgan fingerprint density at radius 2 is 1.50 bits per heavy atom. The van der Waals surface area contributed by atoms with E-state index < -0.39 is 36.4 Å². The predicted octanol–water partition coefficient (Wildman–Crippen LogP) is 4.09. The third-order valence-corrected chi connectivity index (χ3v) is 13.7. The lowest BCUT2D eigenvalue weighted by atomic mass is 10.0. The Bertz CT molecular complexity index is 847. The first-order chi connectivity index (χ1) is 12.9. The van der Waals surface area contributed by atoms with Gasteiger partial charge in [0.05, 0.1) is 4.90 Å². The van der Waals surface area contributed by atoms with Crippen molar-refractivity contribution in [3.8, 4) is 12.3 Å². The van der Waals surface area contributed by atoms with Crippen LogP contribution in [0.15, 0.2) is 29.2 Å². The Hall–Kier alpha value is -1.62. The van der Waals surface area contributed by atoms with Crippen LogP contribution in [0.25, 0.3) is 0 Å². The van der Waals surface area contributed by atoms with Crippen LogP contribution in [0, 0.1) is 19.3 Å². The van der Waals surface area contributed by atoms with Crippen LogP contribution in [0.5, 0.6) is 0 Å². The molecule has 1 heterocycles. The number of benzene rings is 1. The Kier molecular flexibility index (Phi) is 6.49. The second kappa shape index (κ2) is 8.01. The number of carbonyl (C=O) groups excluding carboxylic acids is 1. The van der Waals surface area contributed by atoms with Gasteiger partial charge in [0.1, 0.15) is 6.04 Å². The largest absolute Gasteiger partial charge is 0.402 e. The highest BCUT2D eigenvalue weighted by atomic mass is 32.2. The molecule has 0 aromatic heterocycles. The van der Waals surface area contributed by atoms with Crippen LogP contribution in [0.3, 0.4) is 0 Å². The van der Waals surface area contributed by atoms with E-state index in [1.165, 1.54) is 12.1 Å². The summed E-state index contributed by atoms with van der Waals surface area (Å²) in [6, 6.07) is 5.47. The van der Waals surface area contributed by atoms with Crippen molar-refractivity contribution in [1.82, 2.24) is 4.31 Å². The third kappa shape index (κ3) is 3.54. The second-order valence-electron chi connectivity index (χ2n) is 8.42. The quantitative estimate of drug-likeness (QED) is 0.378. The first kappa shape index (κ1) is 22.7. The van der Waals surface area contributed by atoms with Gasteiger partial charge in [-0.1, -0.05) is 65.2 Å². The van der Waals surface area contributed by atoms with E-state index in [1.54, 1.807) is 12.1 Å². The van der Waals surface area contributed by atoms with E-state index >= 15 is 0 Å². The molecule has 1 aliphatic heterocycles. The lowest BCUT2D eigenvalue weighted by Crippen LogP contribution is -2.70. The fraction of sp³-hybridized carbons (Fsp3) is 0.571. The number of terminal acetylenes is 1. The fourth-order valence-corrected chi connectivity index (χ4v) is 11.4. The minimum Gasteiger partial charge on any atom is -0.402 e. The summed E-state index contributed by atoms with van der Waals surface area (Å²) in [6.45, 7) is 14.5. The molecule has 1 fully saturated rings. The number of nitrogens with zero attached hydrogens (tertiary/aromatic N) is 1. The molecule has 28 heavy (non-hydrogen) atoms. The topological polar surface area (TPSA) is 63.7 Å². The molecule has 0 unspecified atom stereocenters. The van der Waals surface area contributed by atoms with Gasteiger partial charge in [-0.3, -0.25) is 4.79 Å². The number of hydrogen-bond donors (Lipinski definition) is 0. The van der Waals surface area contributed by atoms with Gasteiger partial charge in [-0.15, -0.1) is 6.42 Å². The van der Waals surface area contributed by atoms with Crippen molar-refractivity contribution in [2.75, 3.05) is 0 Å². The van der Waals surface area contributed by atoms with Crippen molar-refractivity contribution in [3.63, 3.8) is 0 Å². The summed E-state index contributed by atoms with van der Waals surface area (Å²) >= 11 is 0. The van der Waals surface area contributed by atoms with Crippen LogP contribution in [0.2, 0.25) is 16.6 Å². The van der Waals surface area contributed by atoms with Gasteiger partial charge in [-0.25, -0.2) is 12.7 Å². The lowest BCUT2D eigenvalue weighted by molar-refractivity contribution is -0.150. The monoisotopic (exact) mass is 421 g/mol. The van der Waals surface area contributed by atoms with Crippen LogP contribution < -0.4 is 0 Å². The van der Waals surface area contributed by atoms with Crippen molar-refractivity contribution in [3.05, 3.63) is 29.8 Å². The molecule has 5 nitrogen and oxygen atoms in total. The summed E-state index contributed by atoms with van der Waals surface area (Å²) in [7, 11) is -6.38. The van der Waals surface area contributed by atoms with Crippen molar-refractivity contribution in [2.24, 2.45) is 0 Å². The Labute approximate surface area is 170 Å². The molecule has 1 amide bonds. The Morgan fingerprint density at radius 1 is 1.04 bits per heavy atom. The van der Waals surface area contributed by atoms with E-state index in [-0.39, 0.29) is 21.5 Å². The van der Waals surface area contributed by atoms with E-state index in [4.69, 9.17) is 10.8 Å². The first-order valence-electron chi connectivity index (χ1n) is 9.70. The van der Waals surface area contributed by atoms with Gasteiger partial charge < -0.3 is 4.43 Å². The molecule has 2 rings (SSSR count). The van der Waals surface area contributed by atoms with E-state index in [1.807, 2.05) is 6.92 Å². The molecule has 0 saturated carbocycles. The molecular weight excluding hydrogens is 390 g/mol. The third-order valence-electron chi connectivity index (χ3n) is 5.79. The van der Waals surface area contributed by atoms with Gasteiger partial charge >= 0.3 is 0 Å². The maximum absolute atomic E-state index is 13.0. The average Bonchev–Trinajstić information content (AvgIpc) is 2.59. The molecule has 0 N–H and O–H groups in total. The fourth-order valence-electron chi connectivity index (χ4n) is 4.43. The number of amides is 1. The van der Waals surface area contributed by atoms with E-state index in [2.05, 4.69) is 47.5 Å². The molecule has 1 aromatic carbocycles. The number of sulfonamides is 1. The van der Waals surface area contributed by atoms with Gasteiger partial charge in [0.2, 0.25) is 8.32 Å². The summed E-state index contributed by atoms with van der Waals surface area (Å²) < 4.78 is 33.3. The van der Waals surface area contributed by atoms with Crippen LogP contribution in [0.4, 0.5) is 0 Å². The normalized spacial score (nSPS) is 20.6. The van der Waals surface area contributed by atoms with Gasteiger partial charge in [0, 0.05) is 0 Å². The first-order valence-corrected chi connectivity index (χ1v) is 13.3. The number of β-lactam (4-membered cyclic amide) rings is 1. The number of carbonyl (C=O) groups is 1. The summed E-state index contributed by atoms with van der Waals surface area (Å²) in [5.74, 6) is 1.91. The zero-order valence-electron chi connectivity index (χ0n) is 17.8. The van der Waals surface area contributed by atoms with Crippen LogP contribution in [-0.4, -0.2) is 39.1 Å². The lowest BCUT2D eigenvalue weighted by Gasteiger charge is -2.50. The molecule has 0 bridgehead atoms. The Morgan fingerprint density at radius 3 is 1.89 bits per heavy atom. The van der Waals surface area contributed by atoms with Crippen molar-refractivity contribution < 1.29 is 17.6 Å². The van der Waals surface area contributed by atoms with Gasteiger partial charge in [-0.05, 0) is 35.7 Å². The maximum atomic E-state index is 13.0. The number of rotatable bonds is 7. The molecule has 154 valence electrons. The summed E-state index contributed by atoms with van der Waals surface area (Å²) in [6.07, 6.45) is 4.75. The smallest absolute Gasteiger partial charge is 0.268 e. The molecule has 1 aromatic rings. The molecular formula is C21H31NO4SSi. The molecule has 7 heteroatoms. The highest BCUT2D eigenvalue weighted by Crippen LogP contribution is 2.45. The molecule has 1 aliphatic rings. The minimum atomic E-state index is -4.00. The molecule has 0 radical (unpaired) electrons. The molecule has 0 aliphatic carbocycles. The van der Waals surface area contributed by atoms with Crippen molar-refractivity contribution in [2.45, 2.75) is 82.1 Å². The summed E-state index contributed by atoms with van der Waals surface area (Å²) in [4.78, 5) is 13.0. The van der Waals surface area contributed by atoms with Gasteiger partial charge in [-0.2, -0.15) is 0 Å². The zero-order valence-corrected chi connectivity index (χ0v) is 19.6. The standard InChI is InChI=1S/C21H31NO4SSi/c1-9-19-20(26-28(14(2)3,15(4)5)16(6)7)21(23)22(19)27(24,25)18-12-10-17(8)11-13-18/h1,10-16,19-20H,2-8H3/t19-,20-/m1/s1. The van der Waals surface area contributed by atoms with Crippen LogP contribution >= 0.6 is 0 Å². The maximum Gasteiger partial charge on any atom is 0.268 e. The number of hydrogen-bond acceptors (Lipinski definition) is 4. The summed E-state index contributed by atoms with van der Waals surface area (Å²) in [5.41, 5.74) is 1.73. The predicted molar refractivity (Wildman–Crippen MR) is 114 cm³/mol. The average molecular weight is 422 g/mol. The van der Waals surface area contributed by atoms with E-state index in [0.717, 1.165) is 9.87 Å². The van der Waals surface area contributed by atoms with Gasteiger partial charge in [0.15, 0.2) is 6.10 Å². The Balaban J connectivity index is 2.38. The SMILES string of the molecule is C#C[C@@H]1[C@@H](O[Si](C(C)C)(C(C)C)C(C)C)C(=O)N1S(=O)(=O)c1ccc(C)cc1. The minimum absolute atomic E-state index is 0.0604. The molecule has 0 spiro atoms.